The molecule has 1 aliphatic heterocycles. The van der Waals surface area contributed by atoms with Gasteiger partial charge < -0.3 is 9.15 Å². The molecule has 1 atom stereocenters. The zero-order valence-corrected chi connectivity index (χ0v) is 10.3. The number of hydrogen-bond donors (Lipinski definition) is 0. The number of para-hydroxylation sites is 1. The number of hydrogen-bond acceptors (Lipinski definition) is 3. The van der Waals surface area contributed by atoms with Crippen LogP contribution in [-0.2, 0) is 4.74 Å². The van der Waals surface area contributed by atoms with E-state index < -0.39 is 0 Å². The van der Waals surface area contributed by atoms with Crippen molar-refractivity contribution < 1.29 is 9.15 Å². The third-order valence-corrected chi connectivity index (χ3v) is 3.73. The fourth-order valence-electron chi connectivity index (χ4n) is 2.83. The highest BCUT2D eigenvalue weighted by Crippen LogP contribution is 2.22. The van der Waals surface area contributed by atoms with Crippen molar-refractivity contribution in [1.29, 1.82) is 0 Å². The Labute approximate surface area is 109 Å². The monoisotopic (exact) mass is 252 g/mol. The summed E-state index contributed by atoms with van der Waals surface area (Å²) in [7, 11) is 0. The molecule has 3 heteroatoms. The fourth-order valence-corrected chi connectivity index (χ4v) is 2.83. The molecular weight excluding hydrogens is 240 g/mol. The van der Waals surface area contributed by atoms with Crippen molar-refractivity contribution in [3.63, 3.8) is 0 Å². The molecule has 3 nitrogen and oxygen atoms in total. The lowest BCUT2D eigenvalue weighted by molar-refractivity contribution is 0.219. The summed E-state index contributed by atoms with van der Waals surface area (Å²) >= 11 is 0. The minimum absolute atomic E-state index is 0.0124. The Morgan fingerprint density at radius 1 is 1.21 bits per heavy atom. The molecular formula is C16H12O3. The molecule has 0 saturated carbocycles. The summed E-state index contributed by atoms with van der Waals surface area (Å²) in [5.41, 5.74) is 1.27. The molecule has 1 aliphatic carbocycles. The highest BCUT2D eigenvalue weighted by atomic mass is 16.5. The van der Waals surface area contributed by atoms with Crippen molar-refractivity contribution in [2.45, 2.75) is 18.9 Å². The summed E-state index contributed by atoms with van der Waals surface area (Å²) < 4.78 is 11.2. The maximum Gasteiger partial charge on any atom is 0.344 e. The molecule has 0 saturated heterocycles. The van der Waals surface area contributed by atoms with E-state index in [0.29, 0.717) is 10.8 Å². The van der Waals surface area contributed by atoms with Crippen molar-refractivity contribution in [2.24, 2.45) is 0 Å². The van der Waals surface area contributed by atoms with Crippen LogP contribution in [0.25, 0.3) is 22.8 Å². The Hall–Kier alpha value is -2.29. The molecule has 2 aromatic rings. The van der Waals surface area contributed by atoms with Gasteiger partial charge in [-0.2, -0.15) is 0 Å². The van der Waals surface area contributed by atoms with Crippen LogP contribution in [0.5, 0.6) is 0 Å². The second kappa shape index (κ2) is 3.85. The van der Waals surface area contributed by atoms with Crippen molar-refractivity contribution in [1.82, 2.24) is 0 Å². The molecule has 0 spiro atoms. The molecule has 94 valence electrons. The molecule has 1 unspecified atom stereocenters. The van der Waals surface area contributed by atoms with E-state index in [2.05, 4.69) is 6.08 Å². The molecule has 4 rings (SSSR count). The quantitative estimate of drug-likeness (QED) is 0.666. The zero-order chi connectivity index (χ0) is 12.8. The molecule has 0 radical (unpaired) electrons. The second-order valence-corrected chi connectivity index (χ2v) is 4.85. The van der Waals surface area contributed by atoms with Gasteiger partial charge in [0.1, 0.15) is 11.7 Å². The van der Waals surface area contributed by atoms with Crippen LogP contribution in [0, 0.1) is 0 Å². The molecule has 0 bridgehead atoms. The predicted octanol–water partition coefficient (Wildman–Crippen LogP) is 1.43. The topological polar surface area (TPSA) is 39.4 Å². The van der Waals surface area contributed by atoms with Gasteiger partial charge in [-0.05, 0) is 18.9 Å². The average molecular weight is 252 g/mol. The SMILES string of the molecule is O=c1oc2ccccc2c2c1=C1C=CCCC1OC=2. The normalized spacial score (nSPS) is 20.4. The molecule has 0 N–H and O–H groups in total. The molecule has 19 heavy (non-hydrogen) atoms. The van der Waals surface area contributed by atoms with Crippen LogP contribution in [0.4, 0.5) is 0 Å². The minimum atomic E-state index is -0.278. The lowest BCUT2D eigenvalue weighted by atomic mass is 9.94. The lowest BCUT2D eigenvalue weighted by Gasteiger charge is -2.23. The van der Waals surface area contributed by atoms with Crippen molar-refractivity contribution in [3.8, 4) is 0 Å². The molecule has 0 amide bonds. The van der Waals surface area contributed by atoms with E-state index in [1.165, 1.54) is 0 Å². The third kappa shape index (κ3) is 1.48. The number of fused-ring (bicyclic) bond motifs is 4. The van der Waals surface area contributed by atoms with Gasteiger partial charge in [0.15, 0.2) is 0 Å². The molecule has 2 heterocycles. The van der Waals surface area contributed by atoms with Gasteiger partial charge in [-0.15, -0.1) is 0 Å². The van der Waals surface area contributed by atoms with Crippen LogP contribution in [-0.4, -0.2) is 6.10 Å². The highest BCUT2D eigenvalue weighted by Gasteiger charge is 2.22. The lowest BCUT2D eigenvalue weighted by Crippen LogP contribution is -2.46. The van der Waals surface area contributed by atoms with E-state index >= 15 is 0 Å². The van der Waals surface area contributed by atoms with Gasteiger partial charge in [0.2, 0.25) is 0 Å². The third-order valence-electron chi connectivity index (χ3n) is 3.73. The van der Waals surface area contributed by atoms with E-state index in [0.717, 1.165) is 29.0 Å². The summed E-state index contributed by atoms with van der Waals surface area (Å²) in [6, 6.07) is 7.55. The maximum absolute atomic E-state index is 12.2. The van der Waals surface area contributed by atoms with Crippen LogP contribution in [0.15, 0.2) is 45.6 Å². The Morgan fingerprint density at radius 3 is 3.05 bits per heavy atom. The van der Waals surface area contributed by atoms with Crippen LogP contribution in [0.3, 0.4) is 0 Å². The first kappa shape index (κ1) is 10.6. The smallest absolute Gasteiger partial charge is 0.344 e. The molecule has 1 aromatic heterocycles. The highest BCUT2D eigenvalue weighted by molar-refractivity contribution is 5.79. The second-order valence-electron chi connectivity index (χ2n) is 4.85. The largest absolute Gasteiger partial charge is 0.493 e. The Kier molecular flexibility index (Phi) is 2.15. The van der Waals surface area contributed by atoms with Crippen molar-refractivity contribution >= 4 is 22.8 Å². The molecule has 1 aromatic carbocycles. The van der Waals surface area contributed by atoms with Crippen LogP contribution in [0.2, 0.25) is 0 Å². The Morgan fingerprint density at radius 2 is 2.11 bits per heavy atom. The van der Waals surface area contributed by atoms with Gasteiger partial charge in [-0.1, -0.05) is 30.4 Å². The molecule has 2 aliphatic rings. The first-order chi connectivity index (χ1) is 9.34. The first-order valence-corrected chi connectivity index (χ1v) is 6.43. The summed E-state index contributed by atoms with van der Waals surface area (Å²) in [5.74, 6) is 0. The van der Waals surface area contributed by atoms with Gasteiger partial charge >= 0.3 is 5.63 Å². The fraction of sp³-hybridized carbons (Fsp3) is 0.188. The Bertz CT molecular complexity index is 871. The van der Waals surface area contributed by atoms with Gasteiger partial charge in [0, 0.05) is 16.2 Å². The van der Waals surface area contributed by atoms with E-state index in [-0.39, 0.29) is 11.7 Å². The van der Waals surface area contributed by atoms with E-state index in [4.69, 9.17) is 9.15 Å². The summed E-state index contributed by atoms with van der Waals surface area (Å²) in [4.78, 5) is 12.2. The van der Waals surface area contributed by atoms with E-state index in [1.54, 1.807) is 12.3 Å². The van der Waals surface area contributed by atoms with Crippen LogP contribution < -0.4 is 16.1 Å². The summed E-state index contributed by atoms with van der Waals surface area (Å²) in [5, 5.41) is 2.41. The number of rotatable bonds is 0. The van der Waals surface area contributed by atoms with Gasteiger partial charge in [0.25, 0.3) is 0 Å². The number of ether oxygens (including phenoxy) is 1. The van der Waals surface area contributed by atoms with E-state index in [1.807, 2.05) is 24.3 Å². The summed E-state index contributed by atoms with van der Waals surface area (Å²) in [6.45, 7) is 0. The predicted molar refractivity (Wildman–Crippen MR) is 72.9 cm³/mol. The van der Waals surface area contributed by atoms with Crippen LogP contribution in [0.1, 0.15) is 12.8 Å². The maximum atomic E-state index is 12.2. The zero-order valence-electron chi connectivity index (χ0n) is 10.3. The Balaban J connectivity index is 2.28. The summed E-state index contributed by atoms with van der Waals surface area (Å²) in [6.07, 6.45) is 7.66. The molecule has 0 fully saturated rings. The standard InChI is InChI=1S/C16H12O3/c17-16-15-11-6-2-3-7-13(11)18-9-12(15)10-5-1-4-8-14(10)19-16/h1-2,4-6,8-9,13H,3,7H2. The minimum Gasteiger partial charge on any atom is -0.493 e. The number of allylic oxidation sites excluding steroid dienone is 1. The van der Waals surface area contributed by atoms with Gasteiger partial charge in [0.05, 0.1) is 11.5 Å². The average Bonchev–Trinajstić information content (AvgIpc) is 2.46. The van der Waals surface area contributed by atoms with Gasteiger partial charge in [-0.25, -0.2) is 4.79 Å². The van der Waals surface area contributed by atoms with Crippen molar-refractivity contribution in [3.05, 3.63) is 57.3 Å². The van der Waals surface area contributed by atoms with E-state index in [9.17, 15) is 4.79 Å². The first-order valence-electron chi connectivity index (χ1n) is 6.43. The van der Waals surface area contributed by atoms with Crippen LogP contribution >= 0.6 is 0 Å². The van der Waals surface area contributed by atoms with Crippen molar-refractivity contribution in [2.75, 3.05) is 0 Å². The van der Waals surface area contributed by atoms with Gasteiger partial charge in [-0.3, -0.25) is 0 Å². The number of benzene rings is 1.